The molecule has 0 amide bonds. The number of furan rings is 1. The minimum absolute atomic E-state index is 0.968. The quantitative estimate of drug-likeness (QED) is 0.734. The van der Waals surface area contributed by atoms with Crippen molar-refractivity contribution in [1.29, 1.82) is 0 Å². The van der Waals surface area contributed by atoms with E-state index in [4.69, 9.17) is 4.42 Å². The average Bonchev–Trinajstić information content (AvgIpc) is 2.72. The van der Waals surface area contributed by atoms with Crippen molar-refractivity contribution in [1.82, 2.24) is 4.90 Å². The van der Waals surface area contributed by atoms with E-state index in [-0.39, 0.29) is 0 Å². The van der Waals surface area contributed by atoms with Crippen LogP contribution in [0.25, 0.3) is 0 Å². The van der Waals surface area contributed by atoms with Gasteiger partial charge in [0.1, 0.15) is 0 Å². The maximum absolute atomic E-state index is 5.07. The van der Waals surface area contributed by atoms with Gasteiger partial charge in [-0.15, -0.1) is 0 Å². The first-order chi connectivity index (χ1) is 6.88. The van der Waals surface area contributed by atoms with Crippen molar-refractivity contribution in [3.63, 3.8) is 0 Å². The van der Waals surface area contributed by atoms with Crippen LogP contribution in [0.5, 0.6) is 0 Å². The minimum atomic E-state index is 0.968. The summed E-state index contributed by atoms with van der Waals surface area (Å²) in [6.45, 7) is 5.87. The third-order valence-electron chi connectivity index (χ3n) is 3.27. The maximum atomic E-state index is 5.07. The molecule has 2 heterocycles. The van der Waals surface area contributed by atoms with Crippen molar-refractivity contribution in [2.75, 3.05) is 13.1 Å². The standard InChI is InChI=1S/C12H19NO/c1-2-11-3-6-13(7-4-11)9-12-5-8-14-10-12/h5,8,10-11H,2-4,6-7,9H2,1H3. The van der Waals surface area contributed by atoms with Gasteiger partial charge in [0.05, 0.1) is 12.5 Å². The number of hydrogen-bond acceptors (Lipinski definition) is 2. The zero-order valence-electron chi connectivity index (χ0n) is 8.91. The van der Waals surface area contributed by atoms with Crippen molar-refractivity contribution in [2.45, 2.75) is 32.7 Å². The van der Waals surface area contributed by atoms with Crippen LogP contribution in [-0.4, -0.2) is 18.0 Å². The summed E-state index contributed by atoms with van der Waals surface area (Å²) in [4.78, 5) is 2.52. The fraction of sp³-hybridized carbons (Fsp3) is 0.667. The first-order valence-electron chi connectivity index (χ1n) is 5.62. The summed E-state index contributed by atoms with van der Waals surface area (Å²) in [6, 6.07) is 2.06. The zero-order valence-corrected chi connectivity index (χ0v) is 8.91. The van der Waals surface area contributed by atoms with E-state index in [0.29, 0.717) is 0 Å². The third kappa shape index (κ3) is 2.38. The molecule has 1 fully saturated rings. The van der Waals surface area contributed by atoms with Crippen LogP contribution in [-0.2, 0) is 6.54 Å². The molecule has 0 spiro atoms. The molecule has 0 atom stereocenters. The van der Waals surface area contributed by atoms with E-state index in [2.05, 4.69) is 17.9 Å². The van der Waals surface area contributed by atoms with Crippen molar-refractivity contribution in [3.8, 4) is 0 Å². The number of likely N-dealkylation sites (tertiary alicyclic amines) is 1. The predicted octanol–water partition coefficient (Wildman–Crippen LogP) is 2.90. The van der Waals surface area contributed by atoms with Gasteiger partial charge in [0.25, 0.3) is 0 Å². The Balaban J connectivity index is 1.79. The van der Waals surface area contributed by atoms with Gasteiger partial charge in [-0.3, -0.25) is 4.90 Å². The molecular weight excluding hydrogens is 174 g/mol. The Hall–Kier alpha value is -0.760. The maximum Gasteiger partial charge on any atom is 0.0947 e. The SMILES string of the molecule is CCC1CCN(Cc2ccoc2)CC1. The summed E-state index contributed by atoms with van der Waals surface area (Å²) in [5, 5.41) is 0. The summed E-state index contributed by atoms with van der Waals surface area (Å²) in [5.74, 6) is 0.968. The topological polar surface area (TPSA) is 16.4 Å². The molecule has 2 rings (SSSR count). The molecule has 0 N–H and O–H groups in total. The zero-order chi connectivity index (χ0) is 9.80. The molecule has 1 aliphatic heterocycles. The van der Waals surface area contributed by atoms with Gasteiger partial charge in [-0.25, -0.2) is 0 Å². The Kier molecular flexibility index (Phi) is 3.25. The average molecular weight is 193 g/mol. The Morgan fingerprint density at radius 3 is 2.79 bits per heavy atom. The molecule has 1 aromatic rings. The van der Waals surface area contributed by atoms with E-state index in [1.807, 2.05) is 6.26 Å². The van der Waals surface area contributed by atoms with Gasteiger partial charge in [0, 0.05) is 12.1 Å². The van der Waals surface area contributed by atoms with Crippen molar-refractivity contribution < 1.29 is 4.42 Å². The molecule has 78 valence electrons. The Labute approximate surface area is 85.9 Å². The number of rotatable bonds is 3. The Morgan fingerprint density at radius 2 is 2.21 bits per heavy atom. The van der Waals surface area contributed by atoms with E-state index < -0.39 is 0 Å². The van der Waals surface area contributed by atoms with E-state index >= 15 is 0 Å². The summed E-state index contributed by atoms with van der Waals surface area (Å²) >= 11 is 0. The highest BCUT2D eigenvalue weighted by atomic mass is 16.3. The van der Waals surface area contributed by atoms with Crippen molar-refractivity contribution in [2.24, 2.45) is 5.92 Å². The van der Waals surface area contributed by atoms with Crippen LogP contribution < -0.4 is 0 Å². The lowest BCUT2D eigenvalue weighted by molar-refractivity contribution is 0.174. The Bertz CT molecular complexity index is 247. The number of hydrogen-bond donors (Lipinski definition) is 0. The summed E-state index contributed by atoms with van der Waals surface area (Å²) in [6.07, 6.45) is 7.70. The molecule has 0 saturated carbocycles. The van der Waals surface area contributed by atoms with Crippen LogP contribution in [0.1, 0.15) is 31.7 Å². The third-order valence-corrected chi connectivity index (χ3v) is 3.27. The largest absolute Gasteiger partial charge is 0.472 e. The molecule has 0 unspecified atom stereocenters. The molecule has 0 aromatic carbocycles. The second-order valence-electron chi connectivity index (χ2n) is 4.26. The van der Waals surface area contributed by atoms with Crippen molar-refractivity contribution >= 4 is 0 Å². The highest BCUT2D eigenvalue weighted by Crippen LogP contribution is 2.21. The Morgan fingerprint density at radius 1 is 1.43 bits per heavy atom. The van der Waals surface area contributed by atoms with Gasteiger partial charge in [0.15, 0.2) is 0 Å². The molecule has 0 radical (unpaired) electrons. The minimum Gasteiger partial charge on any atom is -0.472 e. The lowest BCUT2D eigenvalue weighted by Crippen LogP contribution is -2.32. The molecule has 1 aromatic heterocycles. The molecule has 0 aliphatic carbocycles. The first-order valence-corrected chi connectivity index (χ1v) is 5.62. The highest BCUT2D eigenvalue weighted by molar-refractivity contribution is 5.04. The van der Waals surface area contributed by atoms with E-state index in [1.165, 1.54) is 37.9 Å². The molecule has 2 nitrogen and oxygen atoms in total. The molecule has 2 heteroatoms. The van der Waals surface area contributed by atoms with Gasteiger partial charge in [-0.1, -0.05) is 13.3 Å². The molecular formula is C12H19NO. The smallest absolute Gasteiger partial charge is 0.0947 e. The molecule has 14 heavy (non-hydrogen) atoms. The van der Waals surface area contributed by atoms with Gasteiger partial charge in [-0.05, 0) is 37.9 Å². The number of nitrogens with zero attached hydrogens (tertiary/aromatic N) is 1. The second-order valence-corrected chi connectivity index (χ2v) is 4.26. The van der Waals surface area contributed by atoms with Crippen LogP contribution in [0.4, 0.5) is 0 Å². The van der Waals surface area contributed by atoms with Gasteiger partial charge >= 0.3 is 0 Å². The lowest BCUT2D eigenvalue weighted by atomic mass is 9.94. The van der Waals surface area contributed by atoms with Crippen LogP contribution in [0.2, 0.25) is 0 Å². The fourth-order valence-electron chi connectivity index (χ4n) is 2.19. The van der Waals surface area contributed by atoms with Crippen LogP contribution in [0.15, 0.2) is 23.0 Å². The van der Waals surface area contributed by atoms with Gasteiger partial charge < -0.3 is 4.42 Å². The second kappa shape index (κ2) is 4.65. The van der Waals surface area contributed by atoms with Gasteiger partial charge in [-0.2, -0.15) is 0 Å². The van der Waals surface area contributed by atoms with Crippen molar-refractivity contribution in [3.05, 3.63) is 24.2 Å². The predicted molar refractivity (Wildman–Crippen MR) is 57.0 cm³/mol. The van der Waals surface area contributed by atoms with E-state index in [0.717, 1.165) is 12.5 Å². The van der Waals surface area contributed by atoms with Crippen LogP contribution >= 0.6 is 0 Å². The first kappa shape index (κ1) is 9.78. The monoisotopic (exact) mass is 193 g/mol. The van der Waals surface area contributed by atoms with Gasteiger partial charge in [0.2, 0.25) is 0 Å². The summed E-state index contributed by atoms with van der Waals surface area (Å²) in [5.41, 5.74) is 1.31. The van der Waals surface area contributed by atoms with Crippen LogP contribution in [0.3, 0.4) is 0 Å². The van der Waals surface area contributed by atoms with E-state index in [1.54, 1.807) is 6.26 Å². The normalized spacial score (nSPS) is 20.1. The number of piperidine rings is 1. The van der Waals surface area contributed by atoms with E-state index in [9.17, 15) is 0 Å². The molecule has 0 bridgehead atoms. The summed E-state index contributed by atoms with van der Waals surface area (Å²) in [7, 11) is 0. The van der Waals surface area contributed by atoms with Crippen LogP contribution in [0, 0.1) is 5.92 Å². The summed E-state index contributed by atoms with van der Waals surface area (Å²) < 4.78 is 5.07. The lowest BCUT2D eigenvalue weighted by Gasteiger charge is -2.30. The fourth-order valence-corrected chi connectivity index (χ4v) is 2.19. The molecule has 1 saturated heterocycles. The molecule has 1 aliphatic rings. The highest BCUT2D eigenvalue weighted by Gasteiger charge is 2.17.